The highest BCUT2D eigenvalue weighted by atomic mass is 32.1. The fourth-order valence-corrected chi connectivity index (χ4v) is 0.585. The van der Waals surface area contributed by atoms with E-state index in [1.165, 1.54) is 0 Å². The molecule has 0 aliphatic rings. The van der Waals surface area contributed by atoms with Crippen molar-refractivity contribution in [1.82, 2.24) is 5.32 Å². The molecule has 0 aromatic rings. The highest BCUT2D eigenvalue weighted by Crippen LogP contribution is 1.90. The van der Waals surface area contributed by atoms with Crippen molar-refractivity contribution in [2.75, 3.05) is 19.3 Å². The van der Waals surface area contributed by atoms with Gasteiger partial charge in [0.25, 0.3) is 0 Å². The maximum atomic E-state index is 8.87. The molecule has 0 aliphatic heterocycles. The Labute approximate surface area is 55.7 Å². The van der Waals surface area contributed by atoms with Crippen molar-refractivity contribution >= 4 is 12.6 Å². The molecule has 2 nitrogen and oxygen atoms in total. The molecule has 2 N–H and O–H groups in total. The van der Waals surface area contributed by atoms with E-state index < -0.39 is 0 Å². The minimum absolute atomic E-state index is 0.245. The molecule has 0 aliphatic carbocycles. The zero-order valence-electron chi connectivity index (χ0n) is 5.09. The molecule has 1 unspecified atom stereocenters. The van der Waals surface area contributed by atoms with Crippen molar-refractivity contribution in [3.8, 4) is 0 Å². The number of nitrogens with one attached hydrogen (secondary N) is 1. The van der Waals surface area contributed by atoms with Crippen LogP contribution in [0.2, 0.25) is 0 Å². The fraction of sp³-hybridized carbons (Fsp3) is 1.00. The number of rotatable bonds is 4. The first-order valence-corrected chi connectivity index (χ1v) is 3.38. The molecule has 0 amide bonds. The second-order valence-corrected chi connectivity index (χ2v) is 2.09. The molecule has 8 heavy (non-hydrogen) atoms. The summed E-state index contributed by atoms with van der Waals surface area (Å²) in [5, 5.41) is 11.8. The first kappa shape index (κ1) is 8.27. The Bertz CT molecular complexity index is 51.7. The molecule has 0 aromatic carbocycles. The largest absolute Gasteiger partial charge is 0.392 e. The van der Waals surface area contributed by atoms with E-state index in [-0.39, 0.29) is 6.10 Å². The molecule has 0 heterocycles. The van der Waals surface area contributed by atoms with Crippen LogP contribution in [0.25, 0.3) is 0 Å². The first-order chi connectivity index (χ1) is 3.81. The van der Waals surface area contributed by atoms with Gasteiger partial charge >= 0.3 is 0 Å². The van der Waals surface area contributed by atoms with Gasteiger partial charge in [-0.2, -0.15) is 12.6 Å². The van der Waals surface area contributed by atoms with Crippen LogP contribution in [0.5, 0.6) is 0 Å². The third kappa shape index (κ3) is 4.43. The second-order valence-electron chi connectivity index (χ2n) is 1.73. The Kier molecular flexibility index (Phi) is 5.59. The van der Waals surface area contributed by atoms with Crippen LogP contribution in [0.1, 0.15) is 6.42 Å². The molecule has 0 rings (SSSR count). The lowest BCUT2D eigenvalue weighted by Gasteiger charge is -2.04. The maximum absolute atomic E-state index is 8.87. The Balaban J connectivity index is 2.86. The summed E-state index contributed by atoms with van der Waals surface area (Å²) in [7, 11) is 1.87. The summed E-state index contributed by atoms with van der Waals surface area (Å²) in [6, 6.07) is 0. The van der Waals surface area contributed by atoms with Crippen molar-refractivity contribution in [3.05, 3.63) is 0 Å². The van der Waals surface area contributed by atoms with Gasteiger partial charge in [-0.25, -0.2) is 0 Å². The van der Waals surface area contributed by atoms with E-state index in [1.54, 1.807) is 0 Å². The van der Waals surface area contributed by atoms with Gasteiger partial charge in [-0.3, -0.25) is 0 Å². The molecule has 0 saturated carbocycles. The first-order valence-electron chi connectivity index (χ1n) is 2.74. The topological polar surface area (TPSA) is 32.3 Å². The smallest absolute Gasteiger partial charge is 0.0640 e. The lowest BCUT2D eigenvalue weighted by molar-refractivity contribution is 0.189. The molecule has 3 heteroatoms. The molecule has 0 aromatic heterocycles. The lowest BCUT2D eigenvalue weighted by Crippen LogP contribution is -2.17. The monoisotopic (exact) mass is 135 g/mol. The molecule has 0 radical (unpaired) electrons. The van der Waals surface area contributed by atoms with Gasteiger partial charge in [-0.15, -0.1) is 0 Å². The van der Waals surface area contributed by atoms with Crippen LogP contribution < -0.4 is 5.32 Å². The van der Waals surface area contributed by atoms with Gasteiger partial charge in [0.15, 0.2) is 0 Å². The van der Waals surface area contributed by atoms with E-state index in [0.29, 0.717) is 5.75 Å². The molecule has 0 fully saturated rings. The Morgan fingerprint density at radius 3 is 2.75 bits per heavy atom. The SMILES string of the molecule is CNCCC(O)CS. The summed E-state index contributed by atoms with van der Waals surface area (Å²) < 4.78 is 0. The third-order valence-electron chi connectivity index (χ3n) is 0.938. The van der Waals surface area contributed by atoms with Crippen molar-refractivity contribution < 1.29 is 5.11 Å². The van der Waals surface area contributed by atoms with E-state index in [4.69, 9.17) is 5.11 Å². The standard InChI is InChI=1S/C5H13NOS/c1-6-3-2-5(7)4-8/h5-8H,2-4H2,1H3. The quantitative estimate of drug-likeness (QED) is 0.470. The van der Waals surface area contributed by atoms with Crippen LogP contribution in [0.15, 0.2) is 0 Å². The predicted molar refractivity (Wildman–Crippen MR) is 38.4 cm³/mol. The zero-order valence-corrected chi connectivity index (χ0v) is 5.99. The van der Waals surface area contributed by atoms with E-state index >= 15 is 0 Å². The van der Waals surface area contributed by atoms with E-state index in [1.807, 2.05) is 7.05 Å². The van der Waals surface area contributed by atoms with Crippen LogP contribution in [-0.4, -0.2) is 30.6 Å². The lowest BCUT2D eigenvalue weighted by atomic mass is 10.3. The van der Waals surface area contributed by atoms with Crippen LogP contribution in [0, 0.1) is 0 Å². The summed E-state index contributed by atoms with van der Waals surface area (Å²) in [5.74, 6) is 0.557. The van der Waals surface area contributed by atoms with Gasteiger partial charge in [0.05, 0.1) is 6.10 Å². The minimum atomic E-state index is -0.245. The number of aliphatic hydroxyl groups excluding tert-OH is 1. The van der Waals surface area contributed by atoms with E-state index in [0.717, 1.165) is 13.0 Å². The summed E-state index contributed by atoms with van der Waals surface area (Å²) in [6.07, 6.45) is 0.547. The van der Waals surface area contributed by atoms with Gasteiger partial charge in [0.1, 0.15) is 0 Å². The molecule has 1 atom stereocenters. The number of thiol groups is 1. The number of hydrogen-bond donors (Lipinski definition) is 3. The van der Waals surface area contributed by atoms with Crippen molar-refractivity contribution in [1.29, 1.82) is 0 Å². The average molecular weight is 135 g/mol. The molecule has 0 bridgehead atoms. The molecule has 0 spiro atoms. The van der Waals surface area contributed by atoms with Crippen molar-refractivity contribution in [2.24, 2.45) is 0 Å². The summed E-state index contributed by atoms with van der Waals surface area (Å²) in [4.78, 5) is 0. The molecule has 50 valence electrons. The van der Waals surface area contributed by atoms with Gasteiger partial charge < -0.3 is 10.4 Å². The number of aliphatic hydroxyl groups is 1. The van der Waals surface area contributed by atoms with E-state index in [2.05, 4.69) is 17.9 Å². The highest BCUT2D eigenvalue weighted by molar-refractivity contribution is 7.80. The van der Waals surface area contributed by atoms with Gasteiger partial charge in [-0.05, 0) is 20.0 Å². The Hall–Kier alpha value is 0.270. The predicted octanol–water partition coefficient (Wildman–Crippen LogP) is -0.113. The summed E-state index contributed by atoms with van der Waals surface area (Å²) >= 11 is 3.91. The Morgan fingerprint density at radius 2 is 2.38 bits per heavy atom. The highest BCUT2D eigenvalue weighted by Gasteiger charge is 1.96. The van der Waals surface area contributed by atoms with Crippen molar-refractivity contribution in [2.45, 2.75) is 12.5 Å². The van der Waals surface area contributed by atoms with E-state index in [9.17, 15) is 0 Å². The fourth-order valence-electron chi connectivity index (χ4n) is 0.402. The van der Waals surface area contributed by atoms with Crippen LogP contribution in [0.4, 0.5) is 0 Å². The zero-order chi connectivity index (χ0) is 6.41. The average Bonchev–Trinajstić information content (AvgIpc) is 1.83. The summed E-state index contributed by atoms with van der Waals surface area (Å²) in [5.41, 5.74) is 0. The van der Waals surface area contributed by atoms with Crippen molar-refractivity contribution in [3.63, 3.8) is 0 Å². The van der Waals surface area contributed by atoms with Crippen LogP contribution >= 0.6 is 12.6 Å². The number of hydrogen-bond acceptors (Lipinski definition) is 3. The second kappa shape index (κ2) is 5.41. The normalized spacial score (nSPS) is 13.9. The maximum Gasteiger partial charge on any atom is 0.0640 e. The van der Waals surface area contributed by atoms with Gasteiger partial charge in [-0.1, -0.05) is 0 Å². The molecular weight excluding hydrogens is 122 g/mol. The third-order valence-corrected chi connectivity index (χ3v) is 1.36. The molecular formula is C5H13NOS. The van der Waals surface area contributed by atoms with Crippen LogP contribution in [0.3, 0.4) is 0 Å². The summed E-state index contributed by atoms with van der Waals surface area (Å²) in [6.45, 7) is 0.863. The minimum Gasteiger partial charge on any atom is -0.392 e. The molecule has 0 saturated heterocycles. The Morgan fingerprint density at radius 1 is 1.75 bits per heavy atom. The van der Waals surface area contributed by atoms with Gasteiger partial charge in [0, 0.05) is 5.75 Å². The van der Waals surface area contributed by atoms with Crippen LogP contribution in [-0.2, 0) is 0 Å². The van der Waals surface area contributed by atoms with Gasteiger partial charge in [0.2, 0.25) is 0 Å².